The number of aromatic carboxylic acids is 1. The van der Waals surface area contributed by atoms with Gasteiger partial charge in [0.25, 0.3) is 0 Å². The third-order valence-electron chi connectivity index (χ3n) is 2.29. The summed E-state index contributed by atoms with van der Waals surface area (Å²) in [4.78, 5) is 14.7. The second-order valence-corrected chi connectivity index (χ2v) is 3.60. The maximum atomic E-state index is 10.8. The van der Waals surface area contributed by atoms with Crippen molar-refractivity contribution >= 4 is 5.97 Å². The lowest BCUT2D eigenvalue weighted by molar-refractivity contribution is 0.0696. The molecule has 2 aromatic rings. The van der Waals surface area contributed by atoms with E-state index < -0.39 is 5.97 Å². The average molecular weight is 245 g/mol. The van der Waals surface area contributed by atoms with Crippen molar-refractivity contribution in [2.45, 2.75) is 6.61 Å². The normalized spacial score (nSPS) is 10.1. The Labute approximate surface area is 103 Å². The molecule has 0 bridgehead atoms. The van der Waals surface area contributed by atoms with Gasteiger partial charge in [0.05, 0.1) is 12.2 Å². The Bertz CT molecular complexity index is 568. The molecule has 18 heavy (non-hydrogen) atoms. The van der Waals surface area contributed by atoms with Crippen LogP contribution in [0.25, 0.3) is 0 Å². The summed E-state index contributed by atoms with van der Waals surface area (Å²) < 4.78 is 5.43. The maximum Gasteiger partial charge on any atom is 0.335 e. The molecule has 2 rings (SSSR count). The van der Waals surface area contributed by atoms with E-state index in [4.69, 9.17) is 14.9 Å². The van der Waals surface area contributed by atoms with Crippen LogP contribution in [0.1, 0.15) is 15.9 Å². The Balaban J connectivity index is 2.22. The van der Waals surface area contributed by atoms with Crippen molar-refractivity contribution in [2.75, 3.05) is 0 Å². The van der Waals surface area contributed by atoms with E-state index in [9.17, 15) is 4.79 Å². The molecule has 1 aromatic heterocycles. The summed E-state index contributed by atoms with van der Waals surface area (Å²) in [6.45, 7) is -0.0835. The van der Waals surface area contributed by atoms with Crippen molar-refractivity contribution in [2.24, 2.45) is 0 Å². The zero-order chi connectivity index (χ0) is 13.0. The number of benzene rings is 1. The van der Waals surface area contributed by atoms with E-state index in [1.165, 1.54) is 18.3 Å². The van der Waals surface area contributed by atoms with Crippen LogP contribution in [-0.4, -0.2) is 21.2 Å². The second-order valence-electron chi connectivity index (χ2n) is 3.60. The lowest BCUT2D eigenvalue weighted by Gasteiger charge is -2.06. The number of nitrogens with zero attached hydrogens (tertiary/aromatic N) is 1. The largest absolute Gasteiger partial charge is 0.478 e. The number of pyridine rings is 1. The summed E-state index contributed by atoms with van der Waals surface area (Å²) in [5.41, 5.74) is 0.820. The molecule has 0 atom stereocenters. The highest BCUT2D eigenvalue weighted by Crippen LogP contribution is 2.21. The minimum absolute atomic E-state index is 0.0835. The Hall–Kier alpha value is -2.40. The van der Waals surface area contributed by atoms with Crippen LogP contribution in [-0.2, 0) is 6.61 Å². The topological polar surface area (TPSA) is 79.7 Å². The van der Waals surface area contributed by atoms with Gasteiger partial charge in [-0.05, 0) is 23.8 Å². The monoisotopic (exact) mass is 245 g/mol. The number of aromatic nitrogens is 1. The fraction of sp³-hybridized carbons (Fsp3) is 0.0769. The lowest BCUT2D eigenvalue weighted by atomic mass is 10.2. The predicted molar refractivity (Wildman–Crippen MR) is 63.6 cm³/mol. The summed E-state index contributed by atoms with van der Waals surface area (Å²) in [6, 6.07) is 9.59. The van der Waals surface area contributed by atoms with Crippen LogP contribution in [0.4, 0.5) is 0 Å². The van der Waals surface area contributed by atoms with E-state index in [0.29, 0.717) is 11.3 Å². The van der Waals surface area contributed by atoms with Crippen molar-refractivity contribution in [3.8, 4) is 11.6 Å². The Kier molecular flexibility index (Phi) is 3.54. The fourth-order valence-corrected chi connectivity index (χ4v) is 1.43. The molecule has 0 saturated carbocycles. The van der Waals surface area contributed by atoms with E-state index in [1.54, 1.807) is 24.3 Å². The summed E-state index contributed by atoms with van der Waals surface area (Å²) >= 11 is 0. The van der Waals surface area contributed by atoms with Crippen molar-refractivity contribution in [1.29, 1.82) is 0 Å². The van der Waals surface area contributed by atoms with Gasteiger partial charge in [-0.1, -0.05) is 12.1 Å². The molecule has 0 radical (unpaired) electrons. The van der Waals surface area contributed by atoms with Gasteiger partial charge in [0, 0.05) is 12.3 Å². The number of hydrogen-bond acceptors (Lipinski definition) is 4. The summed E-state index contributed by atoms with van der Waals surface area (Å²) in [6.07, 6.45) is 1.37. The zero-order valence-electron chi connectivity index (χ0n) is 9.41. The molecule has 5 heteroatoms. The first-order chi connectivity index (χ1) is 8.69. The molecule has 1 aromatic carbocycles. The van der Waals surface area contributed by atoms with E-state index in [-0.39, 0.29) is 18.1 Å². The first-order valence-electron chi connectivity index (χ1n) is 5.26. The number of hydrogen-bond donors (Lipinski definition) is 2. The van der Waals surface area contributed by atoms with Crippen molar-refractivity contribution in [1.82, 2.24) is 4.98 Å². The molecule has 0 aliphatic rings. The molecule has 0 aliphatic carbocycles. The van der Waals surface area contributed by atoms with E-state index in [1.807, 2.05) is 0 Å². The Morgan fingerprint density at radius 2 is 2.11 bits per heavy atom. The number of carboxylic acid groups (broad SMARTS) is 1. The molecule has 92 valence electrons. The van der Waals surface area contributed by atoms with Gasteiger partial charge in [0.15, 0.2) is 0 Å². The third-order valence-corrected chi connectivity index (χ3v) is 2.29. The number of ether oxygens (including phenoxy) is 1. The predicted octanol–water partition coefficient (Wildman–Crippen LogP) is 2.06. The minimum atomic E-state index is -1.04. The molecule has 1 heterocycles. The smallest absolute Gasteiger partial charge is 0.335 e. The quantitative estimate of drug-likeness (QED) is 0.861. The van der Waals surface area contributed by atoms with Gasteiger partial charge in [0.1, 0.15) is 5.75 Å². The standard InChI is InChI=1S/C13H11NO4/c15-8-9-2-1-3-11(6-9)18-12-7-10(13(16)17)4-5-14-12/h1-7,15H,8H2,(H,16,17). The second kappa shape index (κ2) is 5.29. The van der Waals surface area contributed by atoms with Gasteiger partial charge < -0.3 is 14.9 Å². The summed E-state index contributed by atoms with van der Waals surface area (Å²) in [5, 5.41) is 17.8. The molecule has 0 saturated heterocycles. The van der Waals surface area contributed by atoms with Crippen molar-refractivity contribution in [3.05, 3.63) is 53.7 Å². The summed E-state index contributed by atoms with van der Waals surface area (Å²) in [7, 11) is 0. The molecule has 0 aliphatic heterocycles. The first-order valence-corrected chi connectivity index (χ1v) is 5.26. The number of aliphatic hydroxyl groups is 1. The van der Waals surface area contributed by atoms with Crippen molar-refractivity contribution < 1.29 is 19.7 Å². The number of carbonyl (C=O) groups is 1. The van der Waals surface area contributed by atoms with Gasteiger partial charge in [0.2, 0.25) is 5.88 Å². The van der Waals surface area contributed by atoms with Crippen LogP contribution in [0, 0.1) is 0 Å². The average Bonchev–Trinajstić information content (AvgIpc) is 2.39. The van der Waals surface area contributed by atoms with Gasteiger partial charge in [-0.15, -0.1) is 0 Å². The number of aliphatic hydroxyl groups excluding tert-OH is 1. The molecule has 0 amide bonds. The molecule has 0 fully saturated rings. The van der Waals surface area contributed by atoms with Crippen LogP contribution in [0.5, 0.6) is 11.6 Å². The molecular weight excluding hydrogens is 234 g/mol. The van der Waals surface area contributed by atoms with Gasteiger partial charge in [-0.25, -0.2) is 9.78 Å². The fourth-order valence-electron chi connectivity index (χ4n) is 1.43. The van der Waals surface area contributed by atoms with E-state index in [0.717, 1.165) is 0 Å². The molecule has 0 spiro atoms. The molecule has 0 unspecified atom stereocenters. The van der Waals surface area contributed by atoms with Crippen LogP contribution in [0.3, 0.4) is 0 Å². The lowest BCUT2D eigenvalue weighted by Crippen LogP contribution is -1.97. The van der Waals surface area contributed by atoms with Crippen LogP contribution in [0.15, 0.2) is 42.6 Å². The molecule has 2 N–H and O–H groups in total. The van der Waals surface area contributed by atoms with E-state index >= 15 is 0 Å². The highest BCUT2D eigenvalue weighted by molar-refractivity contribution is 5.87. The summed E-state index contributed by atoms with van der Waals surface area (Å²) in [5.74, 6) is -0.340. The third kappa shape index (κ3) is 2.83. The van der Waals surface area contributed by atoms with Crippen LogP contribution >= 0.6 is 0 Å². The van der Waals surface area contributed by atoms with E-state index in [2.05, 4.69) is 4.98 Å². The minimum Gasteiger partial charge on any atom is -0.478 e. The van der Waals surface area contributed by atoms with Crippen molar-refractivity contribution in [3.63, 3.8) is 0 Å². The highest BCUT2D eigenvalue weighted by atomic mass is 16.5. The Morgan fingerprint density at radius 1 is 1.28 bits per heavy atom. The maximum absolute atomic E-state index is 10.8. The van der Waals surface area contributed by atoms with Gasteiger partial charge in [-0.2, -0.15) is 0 Å². The zero-order valence-corrected chi connectivity index (χ0v) is 9.41. The molecular formula is C13H11NO4. The van der Waals surface area contributed by atoms with Gasteiger partial charge in [-0.3, -0.25) is 0 Å². The van der Waals surface area contributed by atoms with Gasteiger partial charge >= 0.3 is 5.97 Å². The SMILES string of the molecule is O=C(O)c1ccnc(Oc2cccc(CO)c2)c1. The number of carboxylic acids is 1. The van der Waals surface area contributed by atoms with Crippen LogP contribution in [0.2, 0.25) is 0 Å². The van der Waals surface area contributed by atoms with Crippen LogP contribution < -0.4 is 4.74 Å². The molecule has 5 nitrogen and oxygen atoms in total. The Morgan fingerprint density at radius 3 is 2.83 bits per heavy atom. The first kappa shape index (κ1) is 12.1. The number of rotatable bonds is 4. The highest BCUT2D eigenvalue weighted by Gasteiger charge is 2.06.